The minimum absolute atomic E-state index is 0.0558. The van der Waals surface area contributed by atoms with Crippen molar-refractivity contribution >= 4 is 27.7 Å². The quantitative estimate of drug-likeness (QED) is 0.469. The van der Waals surface area contributed by atoms with Crippen molar-refractivity contribution in [3.05, 3.63) is 98.8 Å². The summed E-state index contributed by atoms with van der Waals surface area (Å²) in [5.41, 5.74) is 5.77. The van der Waals surface area contributed by atoms with Gasteiger partial charge in [0.05, 0.1) is 11.3 Å². The van der Waals surface area contributed by atoms with E-state index in [-0.39, 0.29) is 17.7 Å². The van der Waals surface area contributed by atoms with Crippen molar-refractivity contribution in [2.24, 2.45) is 0 Å². The molecule has 34 heavy (non-hydrogen) atoms. The third-order valence-electron chi connectivity index (χ3n) is 6.95. The van der Waals surface area contributed by atoms with E-state index < -0.39 is 0 Å². The minimum atomic E-state index is 0.0558. The average molecular weight is 518 g/mol. The number of likely N-dealkylation sites (tertiary alicyclic amines) is 1. The number of hydrogen-bond acceptors (Lipinski definition) is 3. The van der Waals surface area contributed by atoms with Crippen molar-refractivity contribution in [1.82, 2.24) is 14.8 Å². The van der Waals surface area contributed by atoms with Gasteiger partial charge in [0, 0.05) is 47.8 Å². The summed E-state index contributed by atoms with van der Waals surface area (Å²) in [6.45, 7) is 4.66. The van der Waals surface area contributed by atoms with E-state index in [0.717, 1.165) is 41.7 Å². The number of rotatable bonds is 3. The molecule has 1 aromatic heterocycles. The summed E-state index contributed by atoms with van der Waals surface area (Å²) >= 11 is 3.45. The molecule has 0 spiro atoms. The van der Waals surface area contributed by atoms with Crippen LogP contribution < -0.4 is 0 Å². The Morgan fingerprint density at radius 2 is 1.65 bits per heavy atom. The lowest BCUT2D eigenvalue weighted by Crippen LogP contribution is -2.39. The van der Waals surface area contributed by atoms with E-state index in [0.29, 0.717) is 30.8 Å². The number of halogens is 1. The normalized spacial score (nSPS) is 16.3. The van der Waals surface area contributed by atoms with Crippen molar-refractivity contribution in [2.75, 3.05) is 19.6 Å². The molecule has 0 atom stereocenters. The highest BCUT2D eigenvalue weighted by Gasteiger charge is 2.30. The van der Waals surface area contributed by atoms with Crippen LogP contribution in [0.25, 0.3) is 0 Å². The molecule has 0 aliphatic carbocycles. The lowest BCUT2D eigenvalue weighted by molar-refractivity contribution is 0.0699. The Bertz CT molecular complexity index is 1230. The Morgan fingerprint density at radius 3 is 2.41 bits per heavy atom. The second-order valence-electron chi connectivity index (χ2n) is 9.21. The van der Waals surface area contributed by atoms with E-state index in [1.807, 2.05) is 59.2 Å². The van der Waals surface area contributed by atoms with Gasteiger partial charge in [-0.3, -0.25) is 14.6 Å². The van der Waals surface area contributed by atoms with Crippen LogP contribution >= 0.6 is 15.9 Å². The van der Waals surface area contributed by atoms with Crippen molar-refractivity contribution in [3.8, 4) is 0 Å². The Morgan fingerprint density at radius 1 is 0.882 bits per heavy atom. The zero-order valence-corrected chi connectivity index (χ0v) is 20.9. The van der Waals surface area contributed by atoms with Crippen LogP contribution in [0.2, 0.25) is 0 Å². The molecule has 0 radical (unpaired) electrons. The van der Waals surface area contributed by atoms with Gasteiger partial charge >= 0.3 is 0 Å². The van der Waals surface area contributed by atoms with Crippen molar-refractivity contribution < 1.29 is 9.59 Å². The van der Waals surface area contributed by atoms with Crippen molar-refractivity contribution in [2.45, 2.75) is 38.6 Å². The van der Waals surface area contributed by atoms with Gasteiger partial charge in [0.2, 0.25) is 0 Å². The van der Waals surface area contributed by atoms with Gasteiger partial charge in [-0.25, -0.2) is 0 Å². The highest BCUT2D eigenvalue weighted by molar-refractivity contribution is 9.10. The van der Waals surface area contributed by atoms with E-state index >= 15 is 0 Å². The van der Waals surface area contributed by atoms with E-state index in [9.17, 15) is 9.59 Å². The van der Waals surface area contributed by atoms with Crippen LogP contribution in [0.3, 0.4) is 0 Å². The van der Waals surface area contributed by atoms with Gasteiger partial charge in [-0.05, 0) is 67.6 Å². The van der Waals surface area contributed by atoms with Crippen LogP contribution in [0.4, 0.5) is 0 Å². The summed E-state index contributed by atoms with van der Waals surface area (Å²) in [5.74, 6) is 0.285. The molecule has 2 aliphatic heterocycles. The molecule has 0 unspecified atom stereocenters. The highest BCUT2D eigenvalue weighted by atomic mass is 79.9. The van der Waals surface area contributed by atoms with Gasteiger partial charge in [-0.1, -0.05) is 46.3 Å². The number of piperidine rings is 1. The highest BCUT2D eigenvalue weighted by Crippen LogP contribution is 2.31. The Kier molecular flexibility index (Phi) is 6.50. The first-order valence-electron chi connectivity index (χ1n) is 11.9. The number of amides is 2. The number of pyridine rings is 1. The second kappa shape index (κ2) is 9.71. The molecule has 2 aromatic carbocycles. The number of carbonyl (C=O) groups excluding carboxylic acids is 2. The molecule has 1 fully saturated rings. The van der Waals surface area contributed by atoms with Gasteiger partial charge < -0.3 is 9.80 Å². The van der Waals surface area contributed by atoms with Crippen LogP contribution in [0.1, 0.15) is 62.0 Å². The first-order chi connectivity index (χ1) is 16.5. The first-order valence-corrected chi connectivity index (χ1v) is 12.7. The summed E-state index contributed by atoms with van der Waals surface area (Å²) in [6.07, 6.45) is 2.49. The largest absolute Gasteiger partial charge is 0.339 e. The molecule has 5 rings (SSSR count). The molecular weight excluding hydrogens is 490 g/mol. The molecule has 5 nitrogen and oxygen atoms in total. The summed E-state index contributed by atoms with van der Waals surface area (Å²) in [5, 5.41) is 0. The maximum atomic E-state index is 13.6. The predicted molar refractivity (Wildman–Crippen MR) is 136 cm³/mol. The van der Waals surface area contributed by atoms with Gasteiger partial charge in [0.25, 0.3) is 11.8 Å². The lowest BCUT2D eigenvalue weighted by Gasteiger charge is -2.34. The topological polar surface area (TPSA) is 53.5 Å². The van der Waals surface area contributed by atoms with Crippen LogP contribution in [0, 0.1) is 6.92 Å². The number of fused-ring (bicyclic) bond motifs is 1. The molecule has 1 saturated heterocycles. The monoisotopic (exact) mass is 517 g/mol. The van der Waals surface area contributed by atoms with Crippen LogP contribution in [0.15, 0.2) is 65.1 Å². The maximum absolute atomic E-state index is 13.6. The Labute approximate surface area is 208 Å². The summed E-state index contributed by atoms with van der Waals surface area (Å²) in [6, 6.07) is 19.8. The fourth-order valence-electron chi connectivity index (χ4n) is 5.07. The number of carbonyl (C=O) groups is 2. The fraction of sp³-hybridized carbons (Fsp3) is 0.321. The standard InChI is InChI=1S/C28H28BrN3O2/c1-19-9-10-25(28(34)32-16-11-20-5-2-3-6-23(20)18-32)26(30-19)21-12-14-31(15-13-21)27(33)22-7-4-8-24(29)17-22/h2-10,17,21H,11-16,18H2,1H3. The molecule has 0 N–H and O–H groups in total. The van der Waals surface area contributed by atoms with E-state index in [2.05, 4.69) is 34.1 Å². The molecule has 3 aromatic rings. The van der Waals surface area contributed by atoms with E-state index in [1.165, 1.54) is 11.1 Å². The average Bonchev–Trinajstić information content (AvgIpc) is 2.87. The summed E-state index contributed by atoms with van der Waals surface area (Å²) in [4.78, 5) is 35.3. The van der Waals surface area contributed by atoms with Crippen LogP contribution in [-0.4, -0.2) is 46.2 Å². The molecule has 174 valence electrons. The maximum Gasteiger partial charge on any atom is 0.256 e. The van der Waals surface area contributed by atoms with Crippen molar-refractivity contribution in [3.63, 3.8) is 0 Å². The molecule has 3 heterocycles. The molecule has 6 heteroatoms. The molecule has 2 amide bonds. The molecule has 0 bridgehead atoms. The zero-order valence-electron chi connectivity index (χ0n) is 19.3. The van der Waals surface area contributed by atoms with Crippen molar-refractivity contribution in [1.29, 1.82) is 0 Å². The lowest BCUT2D eigenvalue weighted by atomic mass is 9.89. The SMILES string of the molecule is Cc1ccc(C(=O)N2CCc3ccccc3C2)c(C2CCN(C(=O)c3cccc(Br)c3)CC2)n1. The number of aromatic nitrogens is 1. The Balaban J connectivity index is 1.32. The number of aryl methyl sites for hydroxylation is 1. The molecule has 0 saturated carbocycles. The van der Waals surface area contributed by atoms with Gasteiger partial charge in [0.15, 0.2) is 0 Å². The summed E-state index contributed by atoms with van der Waals surface area (Å²) < 4.78 is 0.903. The number of hydrogen-bond donors (Lipinski definition) is 0. The predicted octanol–water partition coefficient (Wildman–Crippen LogP) is 5.37. The smallest absolute Gasteiger partial charge is 0.256 e. The van der Waals surface area contributed by atoms with Crippen LogP contribution in [-0.2, 0) is 13.0 Å². The van der Waals surface area contributed by atoms with Gasteiger partial charge in [0.1, 0.15) is 0 Å². The Hall–Kier alpha value is -2.99. The van der Waals surface area contributed by atoms with Crippen LogP contribution in [0.5, 0.6) is 0 Å². The number of benzene rings is 2. The fourth-order valence-corrected chi connectivity index (χ4v) is 5.47. The third-order valence-corrected chi connectivity index (χ3v) is 7.45. The zero-order chi connectivity index (χ0) is 23.7. The third kappa shape index (κ3) is 4.64. The van der Waals surface area contributed by atoms with E-state index in [4.69, 9.17) is 4.98 Å². The first kappa shape index (κ1) is 22.8. The van der Waals surface area contributed by atoms with E-state index in [1.54, 1.807) is 0 Å². The number of nitrogens with zero attached hydrogens (tertiary/aromatic N) is 3. The minimum Gasteiger partial charge on any atom is -0.339 e. The summed E-state index contributed by atoms with van der Waals surface area (Å²) in [7, 11) is 0. The molecule has 2 aliphatic rings. The second-order valence-corrected chi connectivity index (χ2v) is 10.1. The molecular formula is C28H28BrN3O2. The van der Waals surface area contributed by atoms with Gasteiger partial charge in [-0.15, -0.1) is 0 Å². The van der Waals surface area contributed by atoms with Gasteiger partial charge in [-0.2, -0.15) is 0 Å².